The van der Waals surface area contributed by atoms with Gasteiger partial charge in [-0.15, -0.1) is 0 Å². The highest BCUT2D eigenvalue weighted by Crippen LogP contribution is 2.31. The van der Waals surface area contributed by atoms with E-state index in [1.54, 1.807) is 0 Å². The van der Waals surface area contributed by atoms with Gasteiger partial charge in [0.2, 0.25) is 0 Å². The summed E-state index contributed by atoms with van der Waals surface area (Å²) in [6.45, 7) is 3.35. The number of ketones is 2. The van der Waals surface area contributed by atoms with Crippen LogP contribution in [-0.4, -0.2) is 47.5 Å². The average molecular weight is 503 g/mol. The smallest absolute Gasteiger partial charge is 0.164 e. The third-order valence-electron chi connectivity index (χ3n) is 7.55. The summed E-state index contributed by atoms with van der Waals surface area (Å²) in [6.07, 6.45) is 0.894. The summed E-state index contributed by atoms with van der Waals surface area (Å²) < 4.78 is 0. The van der Waals surface area contributed by atoms with Crippen molar-refractivity contribution in [3.63, 3.8) is 0 Å². The van der Waals surface area contributed by atoms with Crippen molar-refractivity contribution in [2.75, 3.05) is 26.2 Å². The van der Waals surface area contributed by atoms with Crippen LogP contribution >= 0.6 is 0 Å². The van der Waals surface area contributed by atoms with Crippen molar-refractivity contribution in [3.8, 4) is 0 Å². The first kappa shape index (κ1) is 25.8. The molecule has 4 nitrogen and oxygen atoms in total. The van der Waals surface area contributed by atoms with Gasteiger partial charge in [0, 0.05) is 62.2 Å². The molecular weight excluding hydrogens is 468 g/mol. The quantitative estimate of drug-likeness (QED) is 0.228. The SMILES string of the molecule is O=C(C[C@H](c1ccccc1)N1CCN([C@H](CC(=O)c2ccccc2)c2ccccc2)CC1)c1ccccc1. The largest absolute Gasteiger partial charge is 0.294 e. The lowest BCUT2D eigenvalue weighted by atomic mass is 9.94. The van der Waals surface area contributed by atoms with Crippen molar-refractivity contribution >= 4 is 11.6 Å². The van der Waals surface area contributed by atoms with E-state index in [1.807, 2.05) is 97.1 Å². The summed E-state index contributed by atoms with van der Waals surface area (Å²) in [5.41, 5.74) is 3.86. The monoisotopic (exact) mass is 502 g/mol. The number of nitrogens with zero attached hydrogens (tertiary/aromatic N) is 2. The minimum atomic E-state index is 0.0205. The molecule has 0 saturated carbocycles. The van der Waals surface area contributed by atoms with Gasteiger partial charge in [-0.2, -0.15) is 0 Å². The molecule has 192 valence electrons. The molecule has 0 N–H and O–H groups in total. The molecule has 1 aliphatic heterocycles. The number of hydrogen-bond donors (Lipinski definition) is 0. The van der Waals surface area contributed by atoms with Gasteiger partial charge in [0.25, 0.3) is 0 Å². The fraction of sp³-hybridized carbons (Fsp3) is 0.235. The number of rotatable bonds is 10. The van der Waals surface area contributed by atoms with E-state index in [2.05, 4.69) is 34.1 Å². The van der Waals surface area contributed by atoms with Crippen LogP contribution in [0.3, 0.4) is 0 Å². The lowest BCUT2D eigenvalue weighted by Crippen LogP contribution is -2.49. The van der Waals surface area contributed by atoms with E-state index in [1.165, 1.54) is 11.1 Å². The molecule has 4 aromatic carbocycles. The first-order chi connectivity index (χ1) is 18.7. The predicted molar refractivity (Wildman–Crippen MR) is 152 cm³/mol. The second-order valence-electron chi connectivity index (χ2n) is 9.91. The van der Waals surface area contributed by atoms with Gasteiger partial charge < -0.3 is 0 Å². The molecule has 0 bridgehead atoms. The van der Waals surface area contributed by atoms with Crippen molar-refractivity contribution in [3.05, 3.63) is 144 Å². The van der Waals surface area contributed by atoms with Crippen LogP contribution in [0, 0.1) is 0 Å². The third kappa shape index (κ3) is 6.34. The van der Waals surface area contributed by atoms with Gasteiger partial charge in [0.1, 0.15) is 0 Å². The Morgan fingerprint density at radius 2 is 0.763 bits per heavy atom. The maximum atomic E-state index is 13.2. The van der Waals surface area contributed by atoms with E-state index in [-0.39, 0.29) is 23.7 Å². The zero-order valence-electron chi connectivity index (χ0n) is 21.7. The Bertz CT molecular complexity index is 1200. The van der Waals surface area contributed by atoms with E-state index >= 15 is 0 Å². The maximum Gasteiger partial charge on any atom is 0.164 e. The Kier molecular flexibility index (Phi) is 8.54. The van der Waals surface area contributed by atoms with Crippen molar-refractivity contribution in [1.82, 2.24) is 9.80 Å². The number of carbonyl (C=O) groups excluding carboxylic acids is 2. The molecule has 4 aromatic rings. The second-order valence-corrected chi connectivity index (χ2v) is 9.91. The van der Waals surface area contributed by atoms with Gasteiger partial charge in [-0.25, -0.2) is 0 Å². The summed E-state index contributed by atoms with van der Waals surface area (Å²) >= 11 is 0. The van der Waals surface area contributed by atoms with Crippen LogP contribution in [0.4, 0.5) is 0 Å². The molecule has 4 heteroatoms. The average Bonchev–Trinajstić information content (AvgIpc) is 3.00. The van der Waals surface area contributed by atoms with Crippen LogP contribution in [-0.2, 0) is 0 Å². The van der Waals surface area contributed by atoms with E-state index in [9.17, 15) is 9.59 Å². The van der Waals surface area contributed by atoms with E-state index < -0.39 is 0 Å². The molecule has 1 aliphatic rings. The van der Waals surface area contributed by atoms with Crippen molar-refractivity contribution in [2.24, 2.45) is 0 Å². The van der Waals surface area contributed by atoms with E-state index in [4.69, 9.17) is 0 Å². The molecule has 0 radical (unpaired) electrons. The van der Waals surface area contributed by atoms with Crippen LogP contribution in [0.2, 0.25) is 0 Å². The van der Waals surface area contributed by atoms with Gasteiger partial charge in [-0.3, -0.25) is 19.4 Å². The summed E-state index contributed by atoms with van der Waals surface area (Å²) in [4.78, 5) is 31.3. The number of carbonyl (C=O) groups is 2. The van der Waals surface area contributed by atoms with Gasteiger partial charge in [-0.1, -0.05) is 121 Å². The van der Waals surface area contributed by atoms with Crippen LogP contribution in [0.15, 0.2) is 121 Å². The van der Waals surface area contributed by atoms with Crippen LogP contribution < -0.4 is 0 Å². The lowest BCUT2D eigenvalue weighted by Gasteiger charge is -2.42. The third-order valence-corrected chi connectivity index (χ3v) is 7.55. The number of piperazine rings is 1. The first-order valence-corrected chi connectivity index (χ1v) is 13.4. The van der Waals surface area contributed by atoms with Crippen molar-refractivity contribution in [2.45, 2.75) is 24.9 Å². The van der Waals surface area contributed by atoms with Gasteiger partial charge in [0.15, 0.2) is 11.6 Å². The molecular formula is C34H34N2O2. The Morgan fingerprint density at radius 1 is 0.474 bits per heavy atom. The molecule has 0 unspecified atom stereocenters. The fourth-order valence-electron chi connectivity index (χ4n) is 5.46. The number of hydrogen-bond acceptors (Lipinski definition) is 4. The van der Waals surface area contributed by atoms with Gasteiger partial charge >= 0.3 is 0 Å². The normalized spacial score (nSPS) is 16.0. The highest BCUT2D eigenvalue weighted by molar-refractivity contribution is 5.97. The Balaban J connectivity index is 1.32. The zero-order chi connectivity index (χ0) is 26.2. The molecule has 1 saturated heterocycles. The van der Waals surface area contributed by atoms with Gasteiger partial charge in [0.05, 0.1) is 0 Å². The number of Topliss-reactive ketones (excluding diaryl/α,β-unsaturated/α-hetero) is 2. The molecule has 1 heterocycles. The summed E-state index contributed by atoms with van der Waals surface area (Å²) in [5.74, 6) is 0.329. The molecule has 38 heavy (non-hydrogen) atoms. The topological polar surface area (TPSA) is 40.6 Å². The minimum absolute atomic E-state index is 0.0205. The van der Waals surface area contributed by atoms with E-state index in [0.717, 1.165) is 37.3 Å². The van der Waals surface area contributed by atoms with Crippen LogP contribution in [0.1, 0.15) is 56.8 Å². The molecule has 0 spiro atoms. The first-order valence-electron chi connectivity index (χ1n) is 13.4. The van der Waals surface area contributed by atoms with Gasteiger partial charge in [-0.05, 0) is 11.1 Å². The molecule has 2 atom stereocenters. The standard InChI is InChI=1S/C34H34N2O2/c37-33(29-17-9-3-10-18-29)25-31(27-13-5-1-6-14-27)35-21-23-36(24-22-35)32(28-15-7-2-8-16-28)26-34(38)30-19-11-4-12-20-30/h1-20,31-32H,21-26H2/t31-,32-/m1/s1. The summed E-state index contributed by atoms with van der Waals surface area (Å²) in [7, 11) is 0. The maximum absolute atomic E-state index is 13.2. The fourth-order valence-corrected chi connectivity index (χ4v) is 5.46. The van der Waals surface area contributed by atoms with E-state index in [0.29, 0.717) is 12.8 Å². The molecule has 0 aliphatic carbocycles. The van der Waals surface area contributed by atoms with Crippen LogP contribution in [0.25, 0.3) is 0 Å². The summed E-state index contributed by atoms with van der Waals surface area (Å²) in [6, 6.07) is 39.9. The van der Waals surface area contributed by atoms with Crippen molar-refractivity contribution < 1.29 is 9.59 Å². The highest BCUT2D eigenvalue weighted by Gasteiger charge is 2.31. The van der Waals surface area contributed by atoms with Crippen molar-refractivity contribution in [1.29, 1.82) is 0 Å². The highest BCUT2D eigenvalue weighted by atomic mass is 16.1. The lowest BCUT2D eigenvalue weighted by molar-refractivity contribution is 0.0557. The molecule has 1 fully saturated rings. The predicted octanol–water partition coefficient (Wildman–Crippen LogP) is 6.63. The minimum Gasteiger partial charge on any atom is -0.294 e. The molecule has 5 rings (SSSR count). The Morgan fingerprint density at radius 3 is 1.08 bits per heavy atom. The second kappa shape index (κ2) is 12.6. The Hall–Kier alpha value is -3.86. The van der Waals surface area contributed by atoms with Crippen LogP contribution in [0.5, 0.6) is 0 Å². The number of benzene rings is 4. The summed E-state index contributed by atoms with van der Waals surface area (Å²) in [5, 5.41) is 0. The Labute approximate surface area is 225 Å². The molecule has 0 aromatic heterocycles. The molecule has 0 amide bonds. The zero-order valence-corrected chi connectivity index (χ0v) is 21.7.